The number of benzene rings is 1. The molecular weight excluding hydrogens is 220 g/mol. The van der Waals surface area contributed by atoms with Crippen LogP contribution in [0.5, 0.6) is 0 Å². The second-order valence-corrected chi connectivity index (χ2v) is 4.69. The maximum Gasteiger partial charge on any atom is 0.0494 e. The lowest BCUT2D eigenvalue weighted by atomic mass is 10.2. The number of ether oxygens (including phenoxy) is 1. The zero-order chi connectivity index (χ0) is 12.5. The smallest absolute Gasteiger partial charge is 0.0494 e. The van der Waals surface area contributed by atoms with E-state index in [0.29, 0.717) is 0 Å². The van der Waals surface area contributed by atoms with Crippen LogP contribution in [0.1, 0.15) is 31.2 Å². The Morgan fingerprint density at radius 1 is 1.22 bits per heavy atom. The van der Waals surface area contributed by atoms with Crippen molar-refractivity contribution in [2.75, 3.05) is 13.2 Å². The van der Waals surface area contributed by atoms with Crippen molar-refractivity contribution in [1.82, 2.24) is 0 Å². The molecule has 0 N–H and O–H groups in total. The van der Waals surface area contributed by atoms with Crippen molar-refractivity contribution in [2.45, 2.75) is 25.7 Å². The number of unbranched alkanes of at least 4 members (excludes halogenated alkanes) is 1. The van der Waals surface area contributed by atoms with Gasteiger partial charge in [-0.05, 0) is 42.9 Å². The molecule has 1 aliphatic carbocycles. The molecule has 18 heavy (non-hydrogen) atoms. The molecule has 2 rings (SSSR count). The van der Waals surface area contributed by atoms with Crippen molar-refractivity contribution in [2.24, 2.45) is 5.92 Å². The largest absolute Gasteiger partial charge is 0.381 e. The monoisotopic (exact) mass is 240 g/mol. The molecule has 0 amide bonds. The minimum Gasteiger partial charge on any atom is -0.381 e. The Morgan fingerprint density at radius 2 is 2.06 bits per heavy atom. The molecule has 0 saturated heterocycles. The SMILES string of the molecule is C(#CCCCOCC1CC1)/C=C/c1ccccc1. The first-order chi connectivity index (χ1) is 8.95. The summed E-state index contributed by atoms with van der Waals surface area (Å²) in [6.07, 6.45) is 8.65. The topological polar surface area (TPSA) is 9.23 Å². The Labute approximate surface area is 110 Å². The van der Waals surface area contributed by atoms with Crippen LogP contribution in [0.2, 0.25) is 0 Å². The Kier molecular flexibility index (Phi) is 5.56. The predicted octanol–water partition coefficient (Wildman–Crippen LogP) is 3.91. The van der Waals surface area contributed by atoms with E-state index in [4.69, 9.17) is 4.74 Å². The Morgan fingerprint density at radius 3 is 2.83 bits per heavy atom. The minimum absolute atomic E-state index is 0.855. The fourth-order valence-electron chi connectivity index (χ4n) is 1.63. The molecule has 1 saturated carbocycles. The van der Waals surface area contributed by atoms with Crippen LogP contribution in [0.25, 0.3) is 6.08 Å². The zero-order valence-electron chi connectivity index (χ0n) is 10.8. The van der Waals surface area contributed by atoms with Crippen molar-refractivity contribution in [3.05, 3.63) is 42.0 Å². The quantitative estimate of drug-likeness (QED) is 0.541. The first-order valence-electron chi connectivity index (χ1n) is 6.73. The van der Waals surface area contributed by atoms with Crippen LogP contribution in [0, 0.1) is 17.8 Å². The van der Waals surface area contributed by atoms with Crippen molar-refractivity contribution in [3.8, 4) is 11.8 Å². The lowest BCUT2D eigenvalue weighted by Gasteiger charge is -1.99. The Balaban J connectivity index is 1.53. The third kappa shape index (κ3) is 5.70. The summed E-state index contributed by atoms with van der Waals surface area (Å²) in [7, 11) is 0. The summed E-state index contributed by atoms with van der Waals surface area (Å²) in [5.74, 6) is 7.07. The van der Waals surface area contributed by atoms with E-state index >= 15 is 0 Å². The summed E-state index contributed by atoms with van der Waals surface area (Å²) in [5, 5.41) is 0. The molecule has 1 aromatic rings. The highest BCUT2D eigenvalue weighted by Gasteiger charge is 2.20. The lowest BCUT2D eigenvalue weighted by Crippen LogP contribution is -1.97. The molecule has 0 spiro atoms. The second-order valence-electron chi connectivity index (χ2n) is 4.69. The van der Waals surface area contributed by atoms with Gasteiger partial charge in [-0.15, -0.1) is 0 Å². The van der Waals surface area contributed by atoms with Gasteiger partial charge >= 0.3 is 0 Å². The predicted molar refractivity (Wildman–Crippen MR) is 76.0 cm³/mol. The number of hydrogen-bond acceptors (Lipinski definition) is 1. The van der Waals surface area contributed by atoms with Crippen molar-refractivity contribution in [1.29, 1.82) is 0 Å². The van der Waals surface area contributed by atoms with Crippen molar-refractivity contribution >= 4 is 6.08 Å². The van der Waals surface area contributed by atoms with Crippen LogP contribution in [-0.2, 0) is 4.74 Å². The van der Waals surface area contributed by atoms with Gasteiger partial charge in [-0.1, -0.05) is 42.2 Å². The van der Waals surface area contributed by atoms with E-state index in [-0.39, 0.29) is 0 Å². The van der Waals surface area contributed by atoms with Gasteiger partial charge in [-0.2, -0.15) is 0 Å². The molecule has 0 aliphatic heterocycles. The van der Waals surface area contributed by atoms with Crippen LogP contribution in [-0.4, -0.2) is 13.2 Å². The normalized spacial score (nSPS) is 14.4. The molecule has 0 bridgehead atoms. The third-order valence-corrected chi connectivity index (χ3v) is 2.90. The number of hydrogen-bond donors (Lipinski definition) is 0. The standard InChI is InChI=1S/C17H20O/c1(3-8-14-18-15-17-12-13-17)2-5-9-16-10-6-4-7-11-16/h4-7,9-11,17H,3,8,12-15H2/b9-5+. The van der Waals surface area contributed by atoms with Crippen molar-refractivity contribution in [3.63, 3.8) is 0 Å². The molecule has 0 atom stereocenters. The summed E-state index contributed by atoms with van der Waals surface area (Å²) in [6.45, 7) is 1.81. The first kappa shape index (κ1) is 12.9. The highest BCUT2D eigenvalue weighted by molar-refractivity contribution is 5.52. The molecule has 1 heteroatoms. The van der Waals surface area contributed by atoms with Gasteiger partial charge in [0.15, 0.2) is 0 Å². The average Bonchev–Trinajstić information content (AvgIpc) is 3.22. The van der Waals surface area contributed by atoms with Gasteiger partial charge < -0.3 is 4.74 Å². The number of allylic oxidation sites excluding steroid dienone is 1. The molecule has 1 aliphatic rings. The third-order valence-electron chi connectivity index (χ3n) is 2.90. The molecule has 0 radical (unpaired) electrons. The van der Waals surface area contributed by atoms with E-state index in [1.54, 1.807) is 0 Å². The van der Waals surface area contributed by atoms with Crippen LogP contribution in [0.4, 0.5) is 0 Å². The zero-order valence-corrected chi connectivity index (χ0v) is 10.8. The fraction of sp³-hybridized carbons (Fsp3) is 0.412. The maximum absolute atomic E-state index is 5.55. The summed E-state index contributed by atoms with van der Waals surface area (Å²) in [6, 6.07) is 10.2. The fourth-order valence-corrected chi connectivity index (χ4v) is 1.63. The van der Waals surface area contributed by atoms with E-state index in [1.165, 1.54) is 18.4 Å². The highest BCUT2D eigenvalue weighted by atomic mass is 16.5. The summed E-state index contributed by atoms with van der Waals surface area (Å²) in [4.78, 5) is 0. The van der Waals surface area contributed by atoms with Crippen LogP contribution >= 0.6 is 0 Å². The van der Waals surface area contributed by atoms with E-state index < -0.39 is 0 Å². The van der Waals surface area contributed by atoms with E-state index in [0.717, 1.165) is 32.0 Å². The van der Waals surface area contributed by atoms with Crippen molar-refractivity contribution < 1.29 is 4.74 Å². The van der Waals surface area contributed by atoms with E-state index in [1.807, 2.05) is 30.4 Å². The molecule has 0 heterocycles. The molecule has 1 aromatic carbocycles. The molecule has 0 aromatic heterocycles. The van der Waals surface area contributed by atoms with Gasteiger partial charge in [0.05, 0.1) is 0 Å². The summed E-state index contributed by atoms with van der Waals surface area (Å²) in [5.41, 5.74) is 1.19. The van der Waals surface area contributed by atoms with Gasteiger partial charge in [-0.3, -0.25) is 0 Å². The molecule has 1 fully saturated rings. The molecule has 94 valence electrons. The Bertz CT molecular complexity index is 418. The van der Waals surface area contributed by atoms with Gasteiger partial charge in [0.25, 0.3) is 0 Å². The highest BCUT2D eigenvalue weighted by Crippen LogP contribution is 2.28. The minimum atomic E-state index is 0.855. The van der Waals surface area contributed by atoms with Crippen LogP contribution in [0.3, 0.4) is 0 Å². The van der Waals surface area contributed by atoms with Gasteiger partial charge in [0.2, 0.25) is 0 Å². The van der Waals surface area contributed by atoms with E-state index in [9.17, 15) is 0 Å². The maximum atomic E-state index is 5.55. The summed E-state index contributed by atoms with van der Waals surface area (Å²) >= 11 is 0. The molecular formula is C17H20O. The molecule has 0 unspecified atom stereocenters. The van der Waals surface area contributed by atoms with E-state index in [2.05, 4.69) is 24.0 Å². The second kappa shape index (κ2) is 7.74. The lowest BCUT2D eigenvalue weighted by molar-refractivity contribution is 0.123. The summed E-state index contributed by atoms with van der Waals surface area (Å²) < 4.78 is 5.55. The average molecular weight is 240 g/mol. The van der Waals surface area contributed by atoms with Gasteiger partial charge in [0, 0.05) is 19.6 Å². The van der Waals surface area contributed by atoms with Crippen LogP contribution < -0.4 is 0 Å². The Hall–Kier alpha value is -1.52. The van der Waals surface area contributed by atoms with Gasteiger partial charge in [-0.25, -0.2) is 0 Å². The van der Waals surface area contributed by atoms with Gasteiger partial charge in [0.1, 0.15) is 0 Å². The number of rotatable bonds is 6. The first-order valence-corrected chi connectivity index (χ1v) is 6.73. The van der Waals surface area contributed by atoms with Crippen LogP contribution in [0.15, 0.2) is 36.4 Å². The molecule has 1 nitrogen and oxygen atoms in total.